The zero-order valence-corrected chi connectivity index (χ0v) is 10.6. The van der Waals surface area contributed by atoms with Crippen LogP contribution in [0.3, 0.4) is 0 Å². The van der Waals surface area contributed by atoms with Gasteiger partial charge in [0.25, 0.3) is 0 Å². The van der Waals surface area contributed by atoms with Crippen molar-refractivity contribution in [3.8, 4) is 11.5 Å². The normalized spacial score (nSPS) is 10.1. The maximum atomic E-state index is 9.48. The van der Waals surface area contributed by atoms with E-state index >= 15 is 0 Å². The van der Waals surface area contributed by atoms with E-state index in [1.165, 1.54) is 7.11 Å². The highest BCUT2D eigenvalue weighted by Crippen LogP contribution is 2.26. The number of hydrogen-bond donors (Lipinski definition) is 2. The third kappa shape index (κ3) is 3.05. The van der Waals surface area contributed by atoms with E-state index in [1.54, 1.807) is 18.2 Å². The highest BCUT2D eigenvalue weighted by molar-refractivity contribution is 6.29. The number of phenols is 1. The third-order valence-corrected chi connectivity index (χ3v) is 2.64. The van der Waals surface area contributed by atoms with Gasteiger partial charge in [-0.3, -0.25) is 0 Å². The van der Waals surface area contributed by atoms with Crippen molar-refractivity contribution in [2.75, 3.05) is 12.4 Å². The van der Waals surface area contributed by atoms with Crippen molar-refractivity contribution in [3.63, 3.8) is 0 Å². The molecule has 0 amide bonds. The molecular formula is C13H13ClN2O2. The van der Waals surface area contributed by atoms with Gasteiger partial charge in [-0.15, -0.1) is 0 Å². The summed E-state index contributed by atoms with van der Waals surface area (Å²) in [4.78, 5) is 4.12. The van der Waals surface area contributed by atoms with E-state index in [1.807, 2.05) is 18.2 Å². The monoisotopic (exact) mass is 264 g/mol. The van der Waals surface area contributed by atoms with Gasteiger partial charge in [0.15, 0.2) is 11.5 Å². The fourth-order valence-electron chi connectivity index (χ4n) is 1.53. The summed E-state index contributed by atoms with van der Waals surface area (Å²) in [5.41, 5.74) is 0.978. The second kappa shape index (κ2) is 5.60. The first-order chi connectivity index (χ1) is 8.69. The van der Waals surface area contributed by atoms with Gasteiger partial charge in [-0.05, 0) is 29.8 Å². The summed E-state index contributed by atoms with van der Waals surface area (Å²) >= 11 is 5.79. The van der Waals surface area contributed by atoms with E-state index < -0.39 is 0 Å². The predicted octanol–water partition coefficient (Wildman–Crippen LogP) is 3.06. The number of phenolic OH excluding ortho intramolecular Hbond substituents is 1. The summed E-state index contributed by atoms with van der Waals surface area (Å²) in [7, 11) is 1.52. The highest BCUT2D eigenvalue weighted by atomic mass is 35.5. The summed E-state index contributed by atoms with van der Waals surface area (Å²) in [6.45, 7) is 0.573. The van der Waals surface area contributed by atoms with E-state index in [9.17, 15) is 5.11 Å². The highest BCUT2D eigenvalue weighted by Gasteiger charge is 2.03. The van der Waals surface area contributed by atoms with Gasteiger partial charge in [0.1, 0.15) is 11.0 Å². The molecule has 1 aromatic heterocycles. The molecule has 0 spiro atoms. The zero-order valence-electron chi connectivity index (χ0n) is 9.85. The van der Waals surface area contributed by atoms with Gasteiger partial charge in [-0.1, -0.05) is 23.7 Å². The quantitative estimate of drug-likeness (QED) is 0.834. The Kier molecular flexibility index (Phi) is 3.89. The molecule has 0 bridgehead atoms. The molecule has 0 unspecified atom stereocenters. The number of ether oxygens (including phenoxy) is 1. The van der Waals surface area contributed by atoms with Crippen LogP contribution in [0.15, 0.2) is 36.4 Å². The molecule has 0 aliphatic carbocycles. The molecule has 0 saturated carbocycles. The number of benzene rings is 1. The Hall–Kier alpha value is -1.94. The van der Waals surface area contributed by atoms with Crippen LogP contribution in [0, 0.1) is 0 Å². The Morgan fingerprint density at radius 1 is 1.33 bits per heavy atom. The molecule has 94 valence electrons. The fraction of sp³-hybridized carbons (Fsp3) is 0.154. The lowest BCUT2D eigenvalue weighted by molar-refractivity contribution is 0.373. The minimum atomic E-state index is 0.127. The molecule has 0 fully saturated rings. The van der Waals surface area contributed by atoms with Crippen molar-refractivity contribution >= 4 is 17.4 Å². The molecule has 4 nitrogen and oxygen atoms in total. The second-order valence-corrected chi connectivity index (χ2v) is 4.09. The summed E-state index contributed by atoms with van der Waals surface area (Å²) < 4.78 is 5.04. The lowest BCUT2D eigenvalue weighted by atomic mass is 10.2. The molecular weight excluding hydrogens is 252 g/mol. The van der Waals surface area contributed by atoms with E-state index in [0.717, 1.165) is 5.56 Å². The topological polar surface area (TPSA) is 54.4 Å². The van der Waals surface area contributed by atoms with Gasteiger partial charge >= 0.3 is 0 Å². The van der Waals surface area contributed by atoms with Crippen molar-refractivity contribution in [1.82, 2.24) is 4.98 Å². The van der Waals surface area contributed by atoms with E-state index in [4.69, 9.17) is 16.3 Å². The van der Waals surface area contributed by atoms with Gasteiger partial charge in [-0.25, -0.2) is 4.98 Å². The average molecular weight is 265 g/mol. The van der Waals surface area contributed by atoms with Gasteiger partial charge in [0.2, 0.25) is 0 Å². The Bertz CT molecular complexity index is 546. The standard InChI is InChI=1S/C13H13ClN2O2/c1-18-11-7-9(5-6-10(11)17)8-15-13-4-2-3-12(14)16-13/h2-7,17H,8H2,1H3,(H,15,16). The lowest BCUT2D eigenvalue weighted by Gasteiger charge is -2.08. The summed E-state index contributed by atoms with van der Waals surface area (Å²) in [5, 5.41) is 13.1. The minimum absolute atomic E-state index is 0.127. The van der Waals surface area contributed by atoms with Gasteiger partial charge in [0.05, 0.1) is 7.11 Å². The molecule has 5 heteroatoms. The number of pyridine rings is 1. The van der Waals surface area contributed by atoms with Crippen LogP contribution in [0.5, 0.6) is 11.5 Å². The molecule has 0 aliphatic heterocycles. The number of nitrogens with zero attached hydrogens (tertiary/aromatic N) is 1. The fourth-order valence-corrected chi connectivity index (χ4v) is 1.70. The van der Waals surface area contributed by atoms with Crippen LogP contribution in [0.4, 0.5) is 5.82 Å². The molecule has 0 radical (unpaired) electrons. The smallest absolute Gasteiger partial charge is 0.160 e. The molecule has 18 heavy (non-hydrogen) atoms. The van der Waals surface area contributed by atoms with E-state index in [2.05, 4.69) is 10.3 Å². The molecule has 2 rings (SSSR count). The van der Waals surface area contributed by atoms with E-state index in [0.29, 0.717) is 23.3 Å². The SMILES string of the molecule is COc1cc(CNc2cccc(Cl)n2)ccc1O. The first-order valence-corrected chi connectivity index (χ1v) is 5.79. The number of methoxy groups -OCH3 is 1. The minimum Gasteiger partial charge on any atom is -0.504 e. The molecule has 1 aromatic carbocycles. The first-order valence-electron chi connectivity index (χ1n) is 5.41. The van der Waals surface area contributed by atoms with Crippen LogP contribution >= 0.6 is 11.6 Å². The summed E-state index contributed by atoms with van der Waals surface area (Å²) in [5.74, 6) is 1.28. The van der Waals surface area contributed by atoms with Crippen molar-refractivity contribution in [2.24, 2.45) is 0 Å². The number of aromatic nitrogens is 1. The Labute approximate surface area is 110 Å². The van der Waals surface area contributed by atoms with Gasteiger partial charge < -0.3 is 15.2 Å². The van der Waals surface area contributed by atoms with Crippen LogP contribution in [0.1, 0.15) is 5.56 Å². The number of aromatic hydroxyl groups is 1. The zero-order chi connectivity index (χ0) is 13.0. The molecule has 1 heterocycles. The van der Waals surface area contributed by atoms with Crippen molar-refractivity contribution in [3.05, 3.63) is 47.1 Å². The Morgan fingerprint density at radius 3 is 2.89 bits per heavy atom. The molecule has 0 aliphatic rings. The number of halogens is 1. The third-order valence-electron chi connectivity index (χ3n) is 2.43. The number of anilines is 1. The predicted molar refractivity (Wildman–Crippen MR) is 71.2 cm³/mol. The first kappa shape index (κ1) is 12.5. The lowest BCUT2D eigenvalue weighted by Crippen LogP contribution is -2.01. The maximum absolute atomic E-state index is 9.48. The Balaban J connectivity index is 2.06. The van der Waals surface area contributed by atoms with Crippen molar-refractivity contribution < 1.29 is 9.84 Å². The molecule has 2 aromatic rings. The summed E-state index contributed by atoms with van der Waals surface area (Å²) in [6.07, 6.45) is 0. The number of nitrogens with one attached hydrogen (secondary N) is 1. The van der Waals surface area contributed by atoms with Crippen LogP contribution in [-0.4, -0.2) is 17.2 Å². The van der Waals surface area contributed by atoms with Crippen LogP contribution in [0.25, 0.3) is 0 Å². The van der Waals surface area contributed by atoms with Crippen LogP contribution < -0.4 is 10.1 Å². The molecule has 0 saturated heterocycles. The summed E-state index contributed by atoms with van der Waals surface area (Å²) in [6, 6.07) is 10.6. The van der Waals surface area contributed by atoms with E-state index in [-0.39, 0.29) is 5.75 Å². The second-order valence-electron chi connectivity index (χ2n) is 3.71. The van der Waals surface area contributed by atoms with Gasteiger partial charge in [-0.2, -0.15) is 0 Å². The number of rotatable bonds is 4. The Morgan fingerprint density at radius 2 is 2.17 bits per heavy atom. The van der Waals surface area contributed by atoms with Crippen LogP contribution in [-0.2, 0) is 6.54 Å². The largest absolute Gasteiger partial charge is 0.504 e. The average Bonchev–Trinajstić information content (AvgIpc) is 2.38. The molecule has 0 atom stereocenters. The number of hydrogen-bond acceptors (Lipinski definition) is 4. The van der Waals surface area contributed by atoms with Crippen molar-refractivity contribution in [2.45, 2.75) is 6.54 Å². The van der Waals surface area contributed by atoms with Crippen LogP contribution in [0.2, 0.25) is 5.15 Å². The maximum Gasteiger partial charge on any atom is 0.160 e. The van der Waals surface area contributed by atoms with Gasteiger partial charge in [0, 0.05) is 6.54 Å². The molecule has 2 N–H and O–H groups in total. The van der Waals surface area contributed by atoms with Crippen molar-refractivity contribution in [1.29, 1.82) is 0 Å².